The number of hydrogen-bond donors (Lipinski definition) is 0. The van der Waals surface area contributed by atoms with Crippen LogP contribution < -0.4 is 0 Å². The summed E-state index contributed by atoms with van der Waals surface area (Å²) in [4.78, 5) is 37.4. The van der Waals surface area contributed by atoms with Crippen molar-refractivity contribution in [3.05, 3.63) is 40.3 Å². The maximum atomic E-state index is 12.3. The number of benzene rings is 1. The van der Waals surface area contributed by atoms with E-state index in [1.165, 1.54) is 0 Å². The third-order valence-corrected chi connectivity index (χ3v) is 3.96. The predicted molar refractivity (Wildman–Crippen MR) is 89.7 cm³/mol. The smallest absolute Gasteiger partial charge is 0.326 e. The molecule has 0 spiro atoms. The normalized spacial score (nSPS) is 17.0. The monoisotopic (exact) mass is 333 g/mol. The van der Waals surface area contributed by atoms with Crippen LogP contribution in [0, 0.1) is 6.92 Å². The second kappa shape index (κ2) is 6.58. The number of esters is 1. The lowest BCUT2D eigenvalue weighted by Crippen LogP contribution is -2.37. The van der Waals surface area contributed by atoms with Gasteiger partial charge in [-0.15, -0.1) is 0 Å². The summed E-state index contributed by atoms with van der Waals surface area (Å²) < 4.78 is 5.16. The summed E-state index contributed by atoms with van der Waals surface area (Å²) in [6, 6.07) is 7.57. The molecule has 0 aromatic heterocycles. The van der Waals surface area contributed by atoms with Crippen LogP contribution in [0.2, 0.25) is 0 Å². The maximum Gasteiger partial charge on any atom is 0.326 e. The van der Waals surface area contributed by atoms with Crippen LogP contribution in [-0.4, -0.2) is 34.2 Å². The van der Waals surface area contributed by atoms with Crippen molar-refractivity contribution in [2.75, 3.05) is 6.54 Å². The molecule has 0 unspecified atom stereocenters. The minimum absolute atomic E-state index is 0.313. The van der Waals surface area contributed by atoms with Gasteiger partial charge in [0.15, 0.2) is 0 Å². The van der Waals surface area contributed by atoms with Gasteiger partial charge < -0.3 is 4.74 Å². The first-order chi connectivity index (χ1) is 10.7. The van der Waals surface area contributed by atoms with Gasteiger partial charge in [-0.25, -0.2) is 0 Å². The zero-order chi connectivity index (χ0) is 17.2. The number of hydrogen-bond acceptors (Lipinski definition) is 5. The van der Waals surface area contributed by atoms with Crippen LogP contribution in [-0.2, 0) is 14.3 Å². The molecule has 0 bridgehead atoms. The van der Waals surface area contributed by atoms with E-state index in [1.54, 1.807) is 26.8 Å². The number of carbonyl (C=O) groups excluding carboxylic acids is 3. The molecule has 0 aliphatic carbocycles. The third kappa shape index (κ3) is 4.45. The summed E-state index contributed by atoms with van der Waals surface area (Å²) in [7, 11) is 0. The summed E-state index contributed by atoms with van der Waals surface area (Å²) in [6.07, 6.45) is 1.68. The molecule has 122 valence electrons. The number of imide groups is 1. The Morgan fingerprint density at radius 3 is 2.52 bits per heavy atom. The molecular formula is C17H19NO4S. The molecule has 0 saturated carbocycles. The molecule has 0 radical (unpaired) electrons. The lowest BCUT2D eigenvalue weighted by atomic mass is 10.1. The molecule has 1 aromatic rings. The van der Waals surface area contributed by atoms with Gasteiger partial charge in [0, 0.05) is 0 Å². The fourth-order valence-electron chi connectivity index (χ4n) is 2.03. The van der Waals surface area contributed by atoms with Crippen molar-refractivity contribution >= 4 is 35.0 Å². The van der Waals surface area contributed by atoms with Gasteiger partial charge >= 0.3 is 5.97 Å². The molecular weight excluding hydrogens is 314 g/mol. The molecule has 1 aliphatic rings. The third-order valence-electron chi connectivity index (χ3n) is 3.06. The Bertz CT molecular complexity index is 688. The van der Waals surface area contributed by atoms with Crippen molar-refractivity contribution in [2.24, 2.45) is 0 Å². The molecule has 2 amide bonds. The molecule has 5 nitrogen and oxygen atoms in total. The summed E-state index contributed by atoms with van der Waals surface area (Å²) in [5, 5.41) is -0.458. The summed E-state index contributed by atoms with van der Waals surface area (Å²) in [6.45, 7) is 6.76. The van der Waals surface area contributed by atoms with E-state index >= 15 is 0 Å². The Labute approximate surface area is 139 Å². The van der Waals surface area contributed by atoms with Gasteiger partial charge in [0.2, 0.25) is 0 Å². The quantitative estimate of drug-likeness (QED) is 0.627. The van der Waals surface area contributed by atoms with Crippen LogP contribution >= 0.6 is 11.8 Å². The minimum Gasteiger partial charge on any atom is -0.459 e. The first-order valence-electron chi connectivity index (χ1n) is 7.20. The zero-order valence-corrected chi connectivity index (χ0v) is 14.4. The van der Waals surface area contributed by atoms with Gasteiger partial charge in [0.05, 0.1) is 4.91 Å². The number of ether oxygens (including phenoxy) is 1. The summed E-state index contributed by atoms with van der Waals surface area (Å²) >= 11 is 0.836. The van der Waals surface area contributed by atoms with E-state index < -0.39 is 22.7 Å². The number of thioether (sulfide) groups is 1. The van der Waals surface area contributed by atoms with Crippen LogP contribution in [0.25, 0.3) is 6.08 Å². The number of nitrogens with zero attached hydrogens (tertiary/aromatic N) is 1. The Kier molecular flexibility index (Phi) is 4.94. The molecule has 1 aromatic carbocycles. The van der Waals surface area contributed by atoms with Crippen LogP contribution in [0.1, 0.15) is 31.9 Å². The van der Waals surface area contributed by atoms with E-state index in [0.29, 0.717) is 4.91 Å². The topological polar surface area (TPSA) is 63.7 Å². The molecule has 0 N–H and O–H groups in total. The molecule has 1 fully saturated rings. The van der Waals surface area contributed by atoms with Gasteiger partial charge in [-0.1, -0.05) is 24.3 Å². The van der Waals surface area contributed by atoms with Crippen LogP contribution in [0.5, 0.6) is 0 Å². The highest BCUT2D eigenvalue weighted by atomic mass is 32.2. The predicted octanol–water partition coefficient (Wildman–Crippen LogP) is 3.37. The fourth-order valence-corrected chi connectivity index (χ4v) is 2.86. The molecule has 6 heteroatoms. The summed E-state index contributed by atoms with van der Waals surface area (Å²) in [5.74, 6) is -1.06. The SMILES string of the molecule is Cc1ccccc1/C=C1\SC(=O)N(CC(=O)OC(C)(C)C)C1=O. The first-order valence-corrected chi connectivity index (χ1v) is 8.02. The Morgan fingerprint density at radius 1 is 1.26 bits per heavy atom. The number of carbonyl (C=O) groups is 3. The highest BCUT2D eigenvalue weighted by molar-refractivity contribution is 8.18. The van der Waals surface area contributed by atoms with Crippen molar-refractivity contribution < 1.29 is 19.1 Å². The van der Waals surface area contributed by atoms with Gasteiger partial charge in [-0.05, 0) is 56.7 Å². The van der Waals surface area contributed by atoms with E-state index in [4.69, 9.17) is 4.74 Å². The second-order valence-corrected chi connectivity index (χ2v) is 7.20. The van der Waals surface area contributed by atoms with E-state index in [9.17, 15) is 14.4 Å². The van der Waals surface area contributed by atoms with E-state index in [1.807, 2.05) is 31.2 Å². The highest BCUT2D eigenvalue weighted by Crippen LogP contribution is 2.32. The molecule has 2 rings (SSSR count). The Morgan fingerprint density at radius 2 is 1.91 bits per heavy atom. The van der Waals surface area contributed by atoms with Crippen molar-refractivity contribution in [3.63, 3.8) is 0 Å². The lowest BCUT2D eigenvalue weighted by Gasteiger charge is -2.21. The fraction of sp³-hybridized carbons (Fsp3) is 0.353. The second-order valence-electron chi connectivity index (χ2n) is 6.21. The molecule has 1 heterocycles. The minimum atomic E-state index is -0.657. The number of amides is 2. The molecule has 1 saturated heterocycles. The standard InChI is InChI=1S/C17H19NO4S/c1-11-7-5-6-8-12(11)9-13-15(20)18(16(21)23-13)10-14(19)22-17(2,3)4/h5-9H,10H2,1-4H3/b13-9-. The Hall–Kier alpha value is -2.08. The van der Waals surface area contributed by atoms with Crippen LogP contribution in [0.3, 0.4) is 0 Å². The average molecular weight is 333 g/mol. The van der Waals surface area contributed by atoms with Crippen molar-refractivity contribution in [1.82, 2.24) is 4.90 Å². The maximum absolute atomic E-state index is 12.3. The lowest BCUT2D eigenvalue weighted by molar-refractivity contribution is -0.156. The van der Waals surface area contributed by atoms with Crippen molar-refractivity contribution in [3.8, 4) is 0 Å². The highest BCUT2D eigenvalue weighted by Gasteiger charge is 2.37. The van der Waals surface area contributed by atoms with E-state index in [-0.39, 0.29) is 6.54 Å². The zero-order valence-electron chi connectivity index (χ0n) is 13.6. The number of rotatable bonds is 3. The van der Waals surface area contributed by atoms with Gasteiger partial charge in [-0.3, -0.25) is 19.3 Å². The Balaban J connectivity index is 2.14. The van der Waals surface area contributed by atoms with Gasteiger partial charge in [0.25, 0.3) is 11.1 Å². The van der Waals surface area contributed by atoms with Crippen molar-refractivity contribution in [1.29, 1.82) is 0 Å². The van der Waals surface area contributed by atoms with Gasteiger partial charge in [0.1, 0.15) is 12.1 Å². The van der Waals surface area contributed by atoms with Crippen LogP contribution in [0.15, 0.2) is 29.2 Å². The molecule has 1 aliphatic heterocycles. The van der Waals surface area contributed by atoms with E-state index in [0.717, 1.165) is 27.8 Å². The largest absolute Gasteiger partial charge is 0.459 e. The number of aryl methyl sites for hydroxylation is 1. The van der Waals surface area contributed by atoms with Crippen LogP contribution in [0.4, 0.5) is 4.79 Å². The first kappa shape index (κ1) is 17.3. The molecule has 0 atom stereocenters. The van der Waals surface area contributed by atoms with Gasteiger partial charge in [-0.2, -0.15) is 0 Å². The summed E-state index contributed by atoms with van der Waals surface area (Å²) in [5.41, 5.74) is 1.22. The molecule has 23 heavy (non-hydrogen) atoms. The van der Waals surface area contributed by atoms with Crippen molar-refractivity contribution in [2.45, 2.75) is 33.3 Å². The average Bonchev–Trinajstić information content (AvgIpc) is 2.67. The van der Waals surface area contributed by atoms with E-state index in [2.05, 4.69) is 0 Å².